The van der Waals surface area contributed by atoms with Crippen molar-refractivity contribution >= 4 is 0 Å². The Balaban J connectivity index is 3.15. The maximum Gasteiger partial charge on any atom is 0.164 e. The van der Waals surface area contributed by atoms with Gasteiger partial charge in [-0.3, -0.25) is 0 Å². The molecule has 0 bridgehead atoms. The van der Waals surface area contributed by atoms with Gasteiger partial charge in [-0.15, -0.1) is 0 Å². The molecule has 19 heavy (non-hydrogen) atoms. The minimum Gasteiger partial charge on any atom is -0.493 e. The van der Waals surface area contributed by atoms with Crippen molar-refractivity contribution in [3.05, 3.63) is 17.7 Å². The summed E-state index contributed by atoms with van der Waals surface area (Å²) >= 11 is 0. The predicted molar refractivity (Wildman–Crippen MR) is 77.3 cm³/mol. The SMILES string of the molecule is CCOc1cc(OCC)c(OCC)cc1CC(C)N. The van der Waals surface area contributed by atoms with Crippen LogP contribution in [-0.2, 0) is 6.42 Å². The summed E-state index contributed by atoms with van der Waals surface area (Å²) in [6, 6.07) is 3.95. The Morgan fingerprint density at radius 1 is 0.895 bits per heavy atom. The molecule has 108 valence electrons. The van der Waals surface area contributed by atoms with Crippen molar-refractivity contribution < 1.29 is 14.2 Å². The van der Waals surface area contributed by atoms with Crippen LogP contribution >= 0.6 is 0 Å². The third-order valence-corrected chi connectivity index (χ3v) is 2.57. The lowest BCUT2D eigenvalue weighted by Gasteiger charge is -2.17. The average molecular weight is 267 g/mol. The van der Waals surface area contributed by atoms with E-state index in [4.69, 9.17) is 19.9 Å². The van der Waals surface area contributed by atoms with Crippen LogP contribution in [0.5, 0.6) is 17.2 Å². The topological polar surface area (TPSA) is 53.7 Å². The normalized spacial score (nSPS) is 12.1. The first kappa shape index (κ1) is 15.6. The van der Waals surface area contributed by atoms with Gasteiger partial charge in [-0.25, -0.2) is 0 Å². The van der Waals surface area contributed by atoms with E-state index in [2.05, 4.69) is 0 Å². The molecule has 1 rings (SSSR count). The zero-order valence-electron chi connectivity index (χ0n) is 12.4. The number of benzene rings is 1. The van der Waals surface area contributed by atoms with Gasteiger partial charge < -0.3 is 19.9 Å². The van der Waals surface area contributed by atoms with Gasteiger partial charge in [0.15, 0.2) is 11.5 Å². The fourth-order valence-corrected chi connectivity index (χ4v) is 1.92. The summed E-state index contributed by atoms with van der Waals surface area (Å²) in [6.07, 6.45) is 0.752. The summed E-state index contributed by atoms with van der Waals surface area (Å²) in [6.45, 7) is 9.66. The molecule has 0 saturated carbocycles. The highest BCUT2D eigenvalue weighted by atomic mass is 16.5. The molecule has 1 unspecified atom stereocenters. The molecule has 0 aliphatic rings. The van der Waals surface area contributed by atoms with Gasteiger partial charge in [-0.05, 0) is 45.7 Å². The fourth-order valence-electron chi connectivity index (χ4n) is 1.92. The molecule has 0 amide bonds. The first-order valence-corrected chi connectivity index (χ1v) is 6.93. The van der Waals surface area contributed by atoms with Crippen LogP contribution in [0.2, 0.25) is 0 Å². The van der Waals surface area contributed by atoms with Crippen LogP contribution in [0.3, 0.4) is 0 Å². The van der Waals surface area contributed by atoms with E-state index >= 15 is 0 Å². The quantitative estimate of drug-likeness (QED) is 0.787. The van der Waals surface area contributed by atoms with Gasteiger partial charge in [-0.2, -0.15) is 0 Å². The van der Waals surface area contributed by atoms with E-state index in [1.54, 1.807) is 0 Å². The third kappa shape index (κ3) is 4.63. The minimum absolute atomic E-state index is 0.0756. The molecule has 0 radical (unpaired) electrons. The van der Waals surface area contributed by atoms with Gasteiger partial charge in [0.1, 0.15) is 5.75 Å². The van der Waals surface area contributed by atoms with Gasteiger partial charge in [-0.1, -0.05) is 0 Å². The molecule has 0 spiro atoms. The van der Waals surface area contributed by atoms with Crippen LogP contribution in [0, 0.1) is 0 Å². The van der Waals surface area contributed by atoms with E-state index in [0.717, 1.165) is 29.2 Å². The Hall–Kier alpha value is -1.42. The van der Waals surface area contributed by atoms with E-state index < -0.39 is 0 Å². The van der Waals surface area contributed by atoms with Gasteiger partial charge in [0.25, 0.3) is 0 Å². The third-order valence-electron chi connectivity index (χ3n) is 2.57. The van der Waals surface area contributed by atoms with Crippen LogP contribution in [0.25, 0.3) is 0 Å². The molecule has 1 aromatic rings. The molecule has 4 heteroatoms. The first-order chi connectivity index (χ1) is 9.12. The van der Waals surface area contributed by atoms with E-state index in [-0.39, 0.29) is 6.04 Å². The van der Waals surface area contributed by atoms with Gasteiger partial charge in [0.2, 0.25) is 0 Å². The Labute approximate surface area is 115 Å². The van der Waals surface area contributed by atoms with Crippen molar-refractivity contribution in [3.8, 4) is 17.2 Å². The highest BCUT2D eigenvalue weighted by Gasteiger charge is 2.14. The largest absolute Gasteiger partial charge is 0.493 e. The molecule has 0 fully saturated rings. The van der Waals surface area contributed by atoms with Crippen molar-refractivity contribution in [2.75, 3.05) is 19.8 Å². The Bertz CT molecular complexity index is 391. The molecule has 0 heterocycles. The van der Waals surface area contributed by atoms with Crippen molar-refractivity contribution in [3.63, 3.8) is 0 Å². The number of nitrogens with two attached hydrogens (primary N) is 1. The number of ether oxygens (including phenoxy) is 3. The predicted octanol–water partition coefficient (Wildman–Crippen LogP) is 2.77. The van der Waals surface area contributed by atoms with Crippen molar-refractivity contribution in [1.29, 1.82) is 0 Å². The lowest BCUT2D eigenvalue weighted by Crippen LogP contribution is -2.18. The maximum atomic E-state index is 5.88. The molecule has 0 saturated heterocycles. The van der Waals surface area contributed by atoms with E-state index in [1.165, 1.54) is 0 Å². The minimum atomic E-state index is 0.0756. The lowest BCUT2D eigenvalue weighted by molar-refractivity contribution is 0.281. The zero-order chi connectivity index (χ0) is 14.3. The number of hydrogen-bond donors (Lipinski definition) is 1. The second-order valence-electron chi connectivity index (χ2n) is 4.39. The highest BCUT2D eigenvalue weighted by molar-refractivity contribution is 5.51. The van der Waals surface area contributed by atoms with Crippen molar-refractivity contribution in [2.24, 2.45) is 5.73 Å². The second kappa shape index (κ2) is 7.89. The average Bonchev–Trinajstić information content (AvgIpc) is 2.34. The van der Waals surface area contributed by atoms with Crippen molar-refractivity contribution in [2.45, 2.75) is 40.2 Å². The Morgan fingerprint density at radius 3 is 1.84 bits per heavy atom. The zero-order valence-corrected chi connectivity index (χ0v) is 12.4. The summed E-state index contributed by atoms with van der Waals surface area (Å²) < 4.78 is 16.9. The molecular formula is C15H25NO3. The summed E-state index contributed by atoms with van der Waals surface area (Å²) in [5.74, 6) is 2.30. The lowest BCUT2D eigenvalue weighted by atomic mass is 10.1. The smallest absolute Gasteiger partial charge is 0.164 e. The number of hydrogen-bond acceptors (Lipinski definition) is 4. The summed E-state index contributed by atoms with van der Waals surface area (Å²) in [4.78, 5) is 0. The molecule has 0 aromatic heterocycles. The highest BCUT2D eigenvalue weighted by Crippen LogP contribution is 2.35. The fraction of sp³-hybridized carbons (Fsp3) is 0.600. The van der Waals surface area contributed by atoms with E-state index in [1.807, 2.05) is 39.8 Å². The molecule has 0 aliphatic carbocycles. The first-order valence-electron chi connectivity index (χ1n) is 6.93. The molecule has 2 N–H and O–H groups in total. The summed E-state index contributed by atoms with van der Waals surface area (Å²) in [7, 11) is 0. The van der Waals surface area contributed by atoms with Crippen molar-refractivity contribution in [1.82, 2.24) is 0 Å². The molecule has 1 aromatic carbocycles. The van der Waals surface area contributed by atoms with Gasteiger partial charge in [0, 0.05) is 12.1 Å². The molecule has 1 atom stereocenters. The number of rotatable bonds is 8. The van der Waals surface area contributed by atoms with Crippen LogP contribution in [0.4, 0.5) is 0 Å². The Kier molecular flexibility index (Phi) is 6.50. The van der Waals surface area contributed by atoms with Gasteiger partial charge in [0.05, 0.1) is 19.8 Å². The standard InChI is InChI=1S/C15H25NO3/c1-5-17-13-10-15(19-7-3)14(18-6-2)9-12(13)8-11(4)16/h9-11H,5-8,16H2,1-4H3. The van der Waals surface area contributed by atoms with Crippen LogP contribution in [0.1, 0.15) is 33.3 Å². The Morgan fingerprint density at radius 2 is 1.37 bits per heavy atom. The van der Waals surface area contributed by atoms with Crippen LogP contribution < -0.4 is 19.9 Å². The molecule has 4 nitrogen and oxygen atoms in total. The van der Waals surface area contributed by atoms with Gasteiger partial charge >= 0.3 is 0 Å². The molecule has 0 aliphatic heterocycles. The van der Waals surface area contributed by atoms with E-state index in [0.29, 0.717) is 19.8 Å². The second-order valence-corrected chi connectivity index (χ2v) is 4.39. The summed E-state index contributed by atoms with van der Waals surface area (Å²) in [5, 5.41) is 0. The molecular weight excluding hydrogens is 242 g/mol. The van der Waals surface area contributed by atoms with E-state index in [9.17, 15) is 0 Å². The van der Waals surface area contributed by atoms with Crippen LogP contribution in [-0.4, -0.2) is 25.9 Å². The monoisotopic (exact) mass is 267 g/mol. The summed E-state index contributed by atoms with van der Waals surface area (Å²) in [5.41, 5.74) is 6.94. The maximum absolute atomic E-state index is 5.88. The van der Waals surface area contributed by atoms with Crippen LogP contribution in [0.15, 0.2) is 12.1 Å².